The molecule has 0 spiro atoms. The molecular formula is C13H16Cl2N2S. The molecule has 0 aliphatic carbocycles. The van der Waals surface area contributed by atoms with Crippen LogP contribution in [0, 0.1) is 0 Å². The fraction of sp³-hybridized carbons (Fsp3) is 0.462. The van der Waals surface area contributed by atoms with Crippen molar-refractivity contribution in [1.82, 2.24) is 9.55 Å². The Balaban J connectivity index is 2.55. The van der Waals surface area contributed by atoms with Gasteiger partial charge >= 0.3 is 0 Å². The summed E-state index contributed by atoms with van der Waals surface area (Å²) in [5, 5.41) is 1.12. The summed E-state index contributed by atoms with van der Waals surface area (Å²) in [7, 11) is 0. The molecule has 0 radical (unpaired) electrons. The van der Waals surface area contributed by atoms with Gasteiger partial charge in [0.1, 0.15) is 5.82 Å². The van der Waals surface area contributed by atoms with Crippen LogP contribution < -0.4 is 0 Å². The third-order valence-electron chi connectivity index (χ3n) is 2.94. The topological polar surface area (TPSA) is 17.8 Å². The van der Waals surface area contributed by atoms with Crippen LogP contribution in [0.4, 0.5) is 0 Å². The first-order chi connectivity index (χ1) is 8.52. The van der Waals surface area contributed by atoms with Crippen LogP contribution in [0.3, 0.4) is 0 Å². The number of alkyl halides is 1. The minimum absolute atomic E-state index is 0.106. The summed E-state index contributed by atoms with van der Waals surface area (Å²) >= 11 is 14.1. The van der Waals surface area contributed by atoms with Gasteiger partial charge in [-0.2, -0.15) is 11.8 Å². The highest BCUT2D eigenvalue weighted by molar-refractivity contribution is 7.99. The van der Waals surface area contributed by atoms with Crippen molar-refractivity contribution in [3.63, 3.8) is 0 Å². The predicted molar refractivity (Wildman–Crippen MR) is 82.0 cm³/mol. The molecule has 0 fully saturated rings. The van der Waals surface area contributed by atoms with E-state index in [-0.39, 0.29) is 5.38 Å². The van der Waals surface area contributed by atoms with E-state index in [4.69, 9.17) is 23.2 Å². The van der Waals surface area contributed by atoms with Crippen LogP contribution in [-0.4, -0.2) is 21.1 Å². The Hall–Kier alpha value is -0.380. The number of nitrogens with zero attached hydrogens (tertiary/aromatic N) is 2. The first-order valence-electron chi connectivity index (χ1n) is 5.85. The van der Waals surface area contributed by atoms with Gasteiger partial charge in [-0.25, -0.2) is 4.98 Å². The van der Waals surface area contributed by atoms with E-state index in [9.17, 15) is 0 Å². The molecule has 0 saturated heterocycles. The lowest BCUT2D eigenvalue weighted by molar-refractivity contribution is 0.665. The van der Waals surface area contributed by atoms with E-state index in [1.54, 1.807) is 0 Å². The number of hydrogen-bond acceptors (Lipinski definition) is 2. The molecular weight excluding hydrogens is 287 g/mol. The number of thioether (sulfide) groups is 1. The molecule has 0 amide bonds. The lowest BCUT2D eigenvalue weighted by Crippen LogP contribution is -2.12. The van der Waals surface area contributed by atoms with Crippen molar-refractivity contribution >= 4 is 46.0 Å². The first-order valence-corrected chi connectivity index (χ1v) is 7.95. The number of hydrogen-bond donors (Lipinski definition) is 0. The van der Waals surface area contributed by atoms with Crippen molar-refractivity contribution in [1.29, 1.82) is 0 Å². The normalized spacial score (nSPS) is 14.9. The van der Waals surface area contributed by atoms with Crippen molar-refractivity contribution in [2.45, 2.75) is 31.0 Å². The van der Waals surface area contributed by atoms with Crippen molar-refractivity contribution in [2.24, 2.45) is 0 Å². The smallest absolute Gasteiger partial charge is 0.127 e. The van der Waals surface area contributed by atoms with Crippen molar-refractivity contribution < 1.29 is 0 Å². The third-order valence-corrected chi connectivity index (χ3v) is 4.32. The van der Waals surface area contributed by atoms with Crippen molar-refractivity contribution in [3.8, 4) is 0 Å². The molecule has 1 heterocycles. The van der Waals surface area contributed by atoms with Crippen LogP contribution in [0.1, 0.15) is 25.0 Å². The summed E-state index contributed by atoms with van der Waals surface area (Å²) in [6, 6.07) is 5.80. The van der Waals surface area contributed by atoms with Gasteiger partial charge in [0.25, 0.3) is 0 Å². The van der Waals surface area contributed by atoms with Gasteiger partial charge in [0.15, 0.2) is 0 Å². The van der Waals surface area contributed by atoms with Crippen LogP contribution in [0.15, 0.2) is 18.2 Å². The molecule has 1 aromatic heterocycles. The lowest BCUT2D eigenvalue weighted by Gasteiger charge is -2.14. The maximum Gasteiger partial charge on any atom is 0.127 e. The van der Waals surface area contributed by atoms with Gasteiger partial charge in [0.05, 0.1) is 16.4 Å². The van der Waals surface area contributed by atoms with Gasteiger partial charge in [-0.1, -0.05) is 18.5 Å². The summed E-state index contributed by atoms with van der Waals surface area (Å²) in [4.78, 5) is 4.60. The van der Waals surface area contributed by atoms with Crippen LogP contribution in [0.2, 0.25) is 5.02 Å². The molecule has 0 aliphatic rings. The standard InChI is InChI=1S/C13H16Cl2N2S/c1-8(18-3)7-17-12-5-4-10(15)6-11(12)16-13(17)9(2)14/h4-6,8-9H,7H2,1-3H3. The molecule has 0 N–H and O–H groups in total. The number of aromatic nitrogens is 2. The van der Waals surface area contributed by atoms with E-state index in [0.29, 0.717) is 10.3 Å². The first kappa shape index (κ1) is 14.0. The maximum atomic E-state index is 6.22. The van der Waals surface area contributed by atoms with E-state index in [1.165, 1.54) is 0 Å². The number of halogens is 2. The Morgan fingerprint density at radius 2 is 2.11 bits per heavy atom. The van der Waals surface area contributed by atoms with Crippen molar-refractivity contribution in [2.75, 3.05) is 6.26 Å². The molecule has 2 nitrogen and oxygen atoms in total. The zero-order valence-corrected chi connectivity index (χ0v) is 13.0. The lowest BCUT2D eigenvalue weighted by atomic mass is 10.3. The van der Waals surface area contributed by atoms with Crippen LogP contribution in [0.5, 0.6) is 0 Å². The number of fused-ring (bicyclic) bond motifs is 1. The number of imidazole rings is 1. The highest BCUT2D eigenvalue weighted by Crippen LogP contribution is 2.27. The minimum atomic E-state index is -0.106. The zero-order valence-electron chi connectivity index (χ0n) is 10.7. The molecule has 0 aliphatic heterocycles. The van der Waals surface area contributed by atoms with Crippen LogP contribution >= 0.6 is 35.0 Å². The second-order valence-electron chi connectivity index (χ2n) is 4.38. The molecule has 2 unspecified atom stereocenters. The summed E-state index contributed by atoms with van der Waals surface area (Å²) in [6.07, 6.45) is 2.12. The Kier molecular flexibility index (Phi) is 4.46. The molecule has 0 bridgehead atoms. The van der Waals surface area contributed by atoms with Gasteiger partial charge in [-0.05, 0) is 31.4 Å². The molecule has 2 atom stereocenters. The van der Waals surface area contributed by atoms with Crippen LogP contribution in [0.25, 0.3) is 11.0 Å². The van der Waals surface area contributed by atoms with Gasteiger partial charge in [0, 0.05) is 16.8 Å². The number of rotatable bonds is 4. The Labute approximate surface area is 122 Å². The molecule has 0 saturated carbocycles. The quantitative estimate of drug-likeness (QED) is 0.759. The summed E-state index contributed by atoms with van der Waals surface area (Å²) in [5.74, 6) is 0.912. The Bertz CT molecular complexity index is 551. The second kappa shape index (κ2) is 5.72. The largest absolute Gasteiger partial charge is 0.326 e. The summed E-state index contributed by atoms with van der Waals surface area (Å²) in [5.41, 5.74) is 2.01. The second-order valence-corrected chi connectivity index (χ2v) is 6.74. The average Bonchev–Trinajstić information content (AvgIpc) is 2.67. The van der Waals surface area contributed by atoms with Gasteiger partial charge in [-0.3, -0.25) is 0 Å². The van der Waals surface area contributed by atoms with E-state index < -0.39 is 0 Å². The minimum Gasteiger partial charge on any atom is -0.326 e. The van der Waals surface area contributed by atoms with E-state index >= 15 is 0 Å². The van der Waals surface area contributed by atoms with E-state index in [1.807, 2.05) is 36.9 Å². The van der Waals surface area contributed by atoms with Gasteiger partial charge in [-0.15, -0.1) is 11.6 Å². The van der Waals surface area contributed by atoms with Crippen LogP contribution in [-0.2, 0) is 6.54 Å². The maximum absolute atomic E-state index is 6.22. The predicted octanol–water partition coefficient (Wildman–Crippen LogP) is 4.74. The molecule has 18 heavy (non-hydrogen) atoms. The summed E-state index contributed by atoms with van der Waals surface area (Å²) < 4.78 is 2.20. The Morgan fingerprint density at radius 3 is 2.72 bits per heavy atom. The van der Waals surface area contributed by atoms with Gasteiger partial charge in [0.2, 0.25) is 0 Å². The molecule has 2 aromatic rings. The average molecular weight is 303 g/mol. The summed E-state index contributed by atoms with van der Waals surface area (Å²) in [6.45, 7) is 5.06. The SMILES string of the molecule is CSC(C)Cn1c(C(C)Cl)nc2cc(Cl)ccc21. The molecule has 98 valence electrons. The van der Waals surface area contributed by atoms with Crippen molar-refractivity contribution in [3.05, 3.63) is 29.0 Å². The Morgan fingerprint density at radius 1 is 1.39 bits per heavy atom. The monoisotopic (exact) mass is 302 g/mol. The molecule has 1 aromatic carbocycles. The van der Waals surface area contributed by atoms with Gasteiger partial charge < -0.3 is 4.57 Å². The number of benzene rings is 1. The fourth-order valence-electron chi connectivity index (χ4n) is 1.95. The highest BCUT2D eigenvalue weighted by Gasteiger charge is 2.16. The van der Waals surface area contributed by atoms with E-state index in [0.717, 1.165) is 23.4 Å². The molecule has 2 rings (SSSR count). The molecule has 5 heteroatoms. The van der Waals surface area contributed by atoms with E-state index in [2.05, 4.69) is 22.7 Å². The fourth-order valence-corrected chi connectivity index (χ4v) is 2.58. The third kappa shape index (κ3) is 2.79. The highest BCUT2D eigenvalue weighted by atomic mass is 35.5. The zero-order chi connectivity index (χ0) is 13.3.